The molecule has 106 valence electrons. The van der Waals surface area contributed by atoms with Gasteiger partial charge in [0.2, 0.25) is 0 Å². The van der Waals surface area contributed by atoms with Crippen molar-refractivity contribution in [1.82, 2.24) is 0 Å². The molecule has 1 atom stereocenters. The van der Waals surface area contributed by atoms with Gasteiger partial charge in [0.15, 0.2) is 11.5 Å². The van der Waals surface area contributed by atoms with Crippen molar-refractivity contribution in [3.63, 3.8) is 0 Å². The van der Waals surface area contributed by atoms with Gasteiger partial charge in [0, 0.05) is 11.5 Å². The number of rotatable bonds is 7. The zero-order valence-electron chi connectivity index (χ0n) is 11.3. The van der Waals surface area contributed by atoms with Crippen LogP contribution in [0.2, 0.25) is 0 Å². The molecule has 0 unspecified atom stereocenters. The number of hydrogen-bond acceptors (Lipinski definition) is 5. The average Bonchev–Trinajstić information content (AvgIpc) is 2.39. The number of ether oxygens (including phenoxy) is 2. The fourth-order valence-corrected chi connectivity index (χ4v) is 2.59. The monoisotopic (exact) mass is 285 g/mol. The van der Waals surface area contributed by atoms with Crippen molar-refractivity contribution in [3.8, 4) is 11.5 Å². The molecule has 19 heavy (non-hydrogen) atoms. The number of methoxy groups -OCH3 is 2. The highest BCUT2D eigenvalue weighted by atomic mass is 32.2. The van der Waals surface area contributed by atoms with E-state index in [0.29, 0.717) is 23.0 Å². The van der Waals surface area contributed by atoms with E-state index in [2.05, 4.69) is 0 Å². The number of thioether (sulfide) groups is 1. The Hall–Kier alpha value is -1.40. The van der Waals surface area contributed by atoms with E-state index in [1.807, 2.05) is 19.1 Å². The van der Waals surface area contributed by atoms with Crippen molar-refractivity contribution in [2.45, 2.75) is 18.7 Å². The van der Waals surface area contributed by atoms with E-state index in [-0.39, 0.29) is 0 Å². The normalized spacial score (nSPS) is 12.0. The molecule has 0 aliphatic carbocycles. The van der Waals surface area contributed by atoms with E-state index in [1.54, 1.807) is 14.2 Å². The van der Waals surface area contributed by atoms with E-state index in [1.165, 1.54) is 11.8 Å². The highest BCUT2D eigenvalue weighted by Crippen LogP contribution is 2.31. The topological polar surface area (TPSA) is 81.8 Å². The van der Waals surface area contributed by atoms with Gasteiger partial charge in [-0.25, -0.2) is 0 Å². The molecule has 6 heteroatoms. The number of nitrogens with two attached hydrogens (primary N) is 1. The Balaban J connectivity index is 2.71. The first-order chi connectivity index (χ1) is 8.99. The summed E-state index contributed by atoms with van der Waals surface area (Å²) >= 11 is 1.49. The van der Waals surface area contributed by atoms with E-state index in [9.17, 15) is 4.79 Å². The lowest BCUT2D eigenvalue weighted by Gasteiger charge is -2.13. The molecule has 0 radical (unpaired) electrons. The predicted molar refractivity (Wildman–Crippen MR) is 76.1 cm³/mol. The number of carboxylic acid groups (broad SMARTS) is 1. The quantitative estimate of drug-likeness (QED) is 0.793. The smallest absolute Gasteiger partial charge is 0.321 e. The minimum absolute atomic E-state index is 0.378. The van der Waals surface area contributed by atoms with Crippen LogP contribution in [-0.4, -0.2) is 37.1 Å². The largest absolute Gasteiger partial charge is 0.493 e. The van der Waals surface area contributed by atoms with Crippen molar-refractivity contribution < 1.29 is 19.4 Å². The van der Waals surface area contributed by atoms with Crippen LogP contribution < -0.4 is 15.2 Å². The van der Waals surface area contributed by atoms with Crippen molar-refractivity contribution in [2.75, 3.05) is 20.0 Å². The lowest BCUT2D eigenvalue weighted by molar-refractivity contribution is -0.137. The molecule has 5 nitrogen and oxygen atoms in total. The van der Waals surface area contributed by atoms with E-state index >= 15 is 0 Å². The second-order valence-electron chi connectivity index (χ2n) is 4.09. The fraction of sp³-hybridized carbons (Fsp3) is 0.462. The van der Waals surface area contributed by atoms with Crippen molar-refractivity contribution in [3.05, 3.63) is 23.3 Å². The number of benzene rings is 1. The number of aliphatic carboxylic acids is 1. The van der Waals surface area contributed by atoms with E-state index in [0.717, 1.165) is 11.1 Å². The first-order valence-corrected chi connectivity index (χ1v) is 6.92. The van der Waals surface area contributed by atoms with Gasteiger partial charge < -0.3 is 20.3 Å². The molecule has 0 amide bonds. The summed E-state index contributed by atoms with van der Waals surface area (Å²) in [7, 11) is 3.18. The van der Waals surface area contributed by atoms with Crippen LogP contribution in [0.5, 0.6) is 11.5 Å². The third-order valence-electron chi connectivity index (χ3n) is 2.71. The summed E-state index contributed by atoms with van der Waals surface area (Å²) in [6.45, 7) is 1.98. The van der Waals surface area contributed by atoms with Gasteiger partial charge in [-0.15, -0.1) is 0 Å². The third-order valence-corrected chi connectivity index (χ3v) is 3.82. The third kappa shape index (κ3) is 4.33. The number of carbonyl (C=O) groups is 1. The maximum absolute atomic E-state index is 10.6. The maximum atomic E-state index is 10.6. The van der Waals surface area contributed by atoms with Crippen LogP contribution in [-0.2, 0) is 10.5 Å². The van der Waals surface area contributed by atoms with Gasteiger partial charge in [0.25, 0.3) is 0 Å². The van der Waals surface area contributed by atoms with Gasteiger partial charge in [0.05, 0.1) is 14.2 Å². The van der Waals surface area contributed by atoms with Gasteiger partial charge in [-0.3, -0.25) is 4.79 Å². The molecule has 0 saturated carbocycles. The molecule has 0 saturated heterocycles. The first-order valence-electron chi connectivity index (χ1n) is 5.77. The zero-order valence-corrected chi connectivity index (χ0v) is 12.1. The SMILES string of the molecule is COc1cc(C)c(CSC[C@@H](N)C(=O)O)cc1OC. The maximum Gasteiger partial charge on any atom is 0.321 e. The molecule has 0 aliphatic rings. The van der Waals surface area contributed by atoms with Crippen LogP contribution in [0.15, 0.2) is 12.1 Å². The molecular weight excluding hydrogens is 266 g/mol. The Morgan fingerprint density at radius 3 is 2.47 bits per heavy atom. The Kier molecular flexibility index (Phi) is 5.98. The number of aryl methyl sites for hydroxylation is 1. The van der Waals surface area contributed by atoms with Crippen molar-refractivity contribution in [1.29, 1.82) is 0 Å². The standard InChI is InChI=1S/C13H19NO4S/c1-8-4-11(17-2)12(18-3)5-9(8)6-19-7-10(14)13(15)16/h4-5,10H,6-7,14H2,1-3H3,(H,15,16)/t10-/m1/s1. The van der Waals surface area contributed by atoms with Crippen LogP contribution in [0.25, 0.3) is 0 Å². The molecule has 0 aromatic heterocycles. The minimum Gasteiger partial charge on any atom is -0.493 e. The predicted octanol–water partition coefficient (Wildman–Crippen LogP) is 1.66. The second kappa shape index (κ2) is 7.25. The van der Waals surface area contributed by atoms with Gasteiger partial charge >= 0.3 is 5.97 Å². The van der Waals surface area contributed by atoms with Crippen molar-refractivity contribution in [2.24, 2.45) is 5.73 Å². The Bertz CT molecular complexity index is 451. The summed E-state index contributed by atoms with van der Waals surface area (Å²) < 4.78 is 10.5. The molecule has 0 aliphatic heterocycles. The van der Waals surface area contributed by atoms with Gasteiger partial charge in [-0.2, -0.15) is 11.8 Å². The Labute approximate surface area is 117 Å². The van der Waals surface area contributed by atoms with Crippen molar-refractivity contribution >= 4 is 17.7 Å². The molecule has 0 bridgehead atoms. The van der Waals surface area contributed by atoms with Crippen LogP contribution in [0.1, 0.15) is 11.1 Å². The molecule has 1 aromatic carbocycles. The number of hydrogen-bond donors (Lipinski definition) is 2. The van der Waals surface area contributed by atoms with Crippen LogP contribution in [0.3, 0.4) is 0 Å². The Morgan fingerprint density at radius 2 is 1.95 bits per heavy atom. The Morgan fingerprint density at radius 1 is 1.37 bits per heavy atom. The van der Waals surface area contributed by atoms with Gasteiger partial charge in [0.1, 0.15) is 6.04 Å². The molecule has 1 rings (SSSR count). The highest BCUT2D eigenvalue weighted by Gasteiger charge is 2.12. The molecule has 0 fully saturated rings. The van der Waals surface area contributed by atoms with Crippen LogP contribution in [0, 0.1) is 6.92 Å². The van der Waals surface area contributed by atoms with Gasteiger partial charge in [-0.1, -0.05) is 0 Å². The number of carboxylic acids is 1. The minimum atomic E-state index is -0.975. The van der Waals surface area contributed by atoms with Gasteiger partial charge in [-0.05, 0) is 30.2 Å². The zero-order chi connectivity index (χ0) is 14.4. The fourth-order valence-electron chi connectivity index (χ4n) is 1.55. The molecule has 1 aromatic rings. The summed E-state index contributed by atoms with van der Waals surface area (Å²) in [6.07, 6.45) is 0. The van der Waals surface area contributed by atoms with Crippen LogP contribution in [0.4, 0.5) is 0 Å². The summed E-state index contributed by atoms with van der Waals surface area (Å²) in [5, 5.41) is 8.71. The molecular formula is C13H19NO4S. The molecule has 3 N–H and O–H groups in total. The lowest BCUT2D eigenvalue weighted by Crippen LogP contribution is -2.32. The first kappa shape index (κ1) is 15.7. The lowest BCUT2D eigenvalue weighted by atomic mass is 10.1. The molecule has 0 spiro atoms. The second-order valence-corrected chi connectivity index (χ2v) is 5.12. The van der Waals surface area contributed by atoms with Crippen LogP contribution >= 0.6 is 11.8 Å². The highest BCUT2D eigenvalue weighted by molar-refractivity contribution is 7.98. The molecule has 0 heterocycles. The summed E-state index contributed by atoms with van der Waals surface area (Å²) in [5.41, 5.74) is 7.62. The van der Waals surface area contributed by atoms with E-state index in [4.69, 9.17) is 20.3 Å². The summed E-state index contributed by atoms with van der Waals surface area (Å²) in [6, 6.07) is 2.99. The summed E-state index contributed by atoms with van der Waals surface area (Å²) in [4.78, 5) is 10.6. The summed E-state index contributed by atoms with van der Waals surface area (Å²) in [5.74, 6) is 1.45. The van der Waals surface area contributed by atoms with E-state index < -0.39 is 12.0 Å². The average molecular weight is 285 g/mol.